The van der Waals surface area contributed by atoms with Crippen molar-refractivity contribution < 1.29 is 14.3 Å². The molecule has 1 fully saturated rings. The van der Waals surface area contributed by atoms with Gasteiger partial charge in [0, 0.05) is 31.5 Å². The van der Waals surface area contributed by atoms with Crippen molar-refractivity contribution in [3.63, 3.8) is 0 Å². The van der Waals surface area contributed by atoms with Crippen LogP contribution in [0.5, 0.6) is 0 Å². The molecule has 20 heavy (non-hydrogen) atoms. The molecule has 0 atom stereocenters. The summed E-state index contributed by atoms with van der Waals surface area (Å²) in [5.41, 5.74) is 6.05. The molecule has 104 valence electrons. The monoisotopic (exact) mass is 273 g/mol. The van der Waals surface area contributed by atoms with E-state index in [9.17, 15) is 9.59 Å². The Bertz CT molecular complexity index is 540. The summed E-state index contributed by atoms with van der Waals surface area (Å²) in [7, 11) is 0. The van der Waals surface area contributed by atoms with Crippen LogP contribution in [0, 0.1) is 11.3 Å². The molecule has 1 aliphatic rings. The van der Waals surface area contributed by atoms with Gasteiger partial charge in [-0.25, -0.2) is 4.79 Å². The van der Waals surface area contributed by atoms with Gasteiger partial charge in [0.25, 0.3) is 5.91 Å². The first-order valence-electron chi connectivity index (χ1n) is 6.35. The summed E-state index contributed by atoms with van der Waals surface area (Å²) in [4.78, 5) is 24.6. The molecule has 6 heteroatoms. The predicted molar refractivity (Wildman–Crippen MR) is 70.8 cm³/mol. The third kappa shape index (κ3) is 3.26. The number of amides is 2. The van der Waals surface area contributed by atoms with E-state index in [4.69, 9.17) is 15.7 Å². The number of nitriles is 1. The minimum Gasteiger partial charge on any atom is -0.446 e. The van der Waals surface area contributed by atoms with E-state index in [1.54, 1.807) is 29.2 Å². The normalized spacial score (nSPS) is 15.4. The molecule has 2 amide bonds. The summed E-state index contributed by atoms with van der Waals surface area (Å²) < 4.78 is 4.92. The molecule has 1 saturated heterocycles. The topological polar surface area (TPSA) is 96.4 Å². The molecular formula is C14H15N3O3. The van der Waals surface area contributed by atoms with Crippen LogP contribution in [0.25, 0.3) is 0 Å². The molecule has 2 rings (SSSR count). The van der Waals surface area contributed by atoms with Crippen molar-refractivity contribution in [1.29, 1.82) is 5.26 Å². The van der Waals surface area contributed by atoms with E-state index in [2.05, 4.69) is 0 Å². The third-order valence-corrected chi connectivity index (χ3v) is 3.27. The number of nitrogens with two attached hydrogens (primary N) is 1. The number of carbonyl (C=O) groups excluding carboxylic acids is 2. The summed E-state index contributed by atoms with van der Waals surface area (Å²) >= 11 is 0. The van der Waals surface area contributed by atoms with E-state index in [0.29, 0.717) is 37.1 Å². The highest BCUT2D eigenvalue weighted by Gasteiger charge is 2.25. The Morgan fingerprint density at radius 1 is 1.25 bits per heavy atom. The molecule has 0 spiro atoms. The van der Waals surface area contributed by atoms with E-state index in [1.165, 1.54) is 0 Å². The number of ether oxygens (including phenoxy) is 1. The maximum atomic E-state index is 12.2. The molecule has 0 bridgehead atoms. The van der Waals surface area contributed by atoms with Gasteiger partial charge in [-0.2, -0.15) is 5.26 Å². The lowest BCUT2D eigenvalue weighted by molar-refractivity contribution is 0.0455. The lowest BCUT2D eigenvalue weighted by Crippen LogP contribution is -2.41. The molecule has 1 aromatic rings. The Kier molecular flexibility index (Phi) is 4.20. The van der Waals surface area contributed by atoms with Crippen LogP contribution in [-0.4, -0.2) is 36.1 Å². The fraction of sp³-hybridized carbons (Fsp3) is 0.357. The van der Waals surface area contributed by atoms with Crippen LogP contribution in [0.2, 0.25) is 0 Å². The van der Waals surface area contributed by atoms with Crippen molar-refractivity contribution in [2.45, 2.75) is 18.9 Å². The molecule has 0 aliphatic carbocycles. The number of likely N-dealkylation sites (tertiary alicyclic amines) is 1. The molecule has 0 saturated carbocycles. The maximum Gasteiger partial charge on any atom is 0.404 e. The number of piperidine rings is 1. The molecule has 0 unspecified atom stereocenters. The summed E-state index contributed by atoms with van der Waals surface area (Å²) in [6.45, 7) is 1.05. The van der Waals surface area contributed by atoms with E-state index >= 15 is 0 Å². The highest BCUT2D eigenvalue weighted by Crippen LogP contribution is 2.16. The molecule has 1 aliphatic heterocycles. The number of hydrogen-bond acceptors (Lipinski definition) is 4. The van der Waals surface area contributed by atoms with Gasteiger partial charge in [-0.05, 0) is 24.3 Å². The number of primary amides is 1. The largest absolute Gasteiger partial charge is 0.446 e. The molecule has 6 nitrogen and oxygen atoms in total. The van der Waals surface area contributed by atoms with Crippen LogP contribution >= 0.6 is 0 Å². The van der Waals surface area contributed by atoms with Crippen LogP contribution in [-0.2, 0) is 4.74 Å². The minimum atomic E-state index is -0.776. The molecule has 0 aromatic heterocycles. The second kappa shape index (κ2) is 6.06. The van der Waals surface area contributed by atoms with Gasteiger partial charge in [-0.3, -0.25) is 4.79 Å². The molecule has 1 heterocycles. The lowest BCUT2D eigenvalue weighted by Gasteiger charge is -2.31. The van der Waals surface area contributed by atoms with Crippen molar-refractivity contribution in [1.82, 2.24) is 4.90 Å². The fourth-order valence-corrected chi connectivity index (χ4v) is 2.21. The summed E-state index contributed by atoms with van der Waals surface area (Å²) in [5, 5.41) is 8.72. The van der Waals surface area contributed by atoms with Gasteiger partial charge in [-0.15, -0.1) is 0 Å². The number of carbonyl (C=O) groups is 2. The Hall–Kier alpha value is -2.55. The van der Waals surface area contributed by atoms with Gasteiger partial charge in [0.05, 0.1) is 11.6 Å². The van der Waals surface area contributed by atoms with Gasteiger partial charge >= 0.3 is 6.09 Å². The average molecular weight is 273 g/mol. The fourth-order valence-electron chi connectivity index (χ4n) is 2.21. The van der Waals surface area contributed by atoms with Crippen molar-refractivity contribution in [3.05, 3.63) is 35.4 Å². The van der Waals surface area contributed by atoms with Crippen molar-refractivity contribution in [2.24, 2.45) is 5.73 Å². The number of hydrogen-bond donors (Lipinski definition) is 1. The summed E-state index contributed by atoms with van der Waals surface area (Å²) in [5.74, 6) is -0.0768. The van der Waals surface area contributed by atoms with E-state index < -0.39 is 6.09 Å². The number of benzene rings is 1. The second-order valence-corrected chi connectivity index (χ2v) is 4.62. The number of rotatable bonds is 2. The quantitative estimate of drug-likeness (QED) is 0.877. The Morgan fingerprint density at radius 3 is 2.35 bits per heavy atom. The third-order valence-electron chi connectivity index (χ3n) is 3.27. The van der Waals surface area contributed by atoms with Gasteiger partial charge < -0.3 is 15.4 Å². The van der Waals surface area contributed by atoms with Gasteiger partial charge in [0.1, 0.15) is 6.10 Å². The second-order valence-electron chi connectivity index (χ2n) is 4.62. The van der Waals surface area contributed by atoms with E-state index in [-0.39, 0.29) is 12.0 Å². The zero-order valence-electron chi connectivity index (χ0n) is 10.9. The summed E-state index contributed by atoms with van der Waals surface area (Å²) in [6, 6.07) is 8.55. The first-order valence-corrected chi connectivity index (χ1v) is 6.35. The number of nitrogens with zero attached hydrogens (tertiary/aromatic N) is 2. The zero-order valence-corrected chi connectivity index (χ0v) is 10.9. The molecule has 2 N–H and O–H groups in total. The van der Waals surface area contributed by atoms with Crippen LogP contribution in [0.1, 0.15) is 28.8 Å². The van der Waals surface area contributed by atoms with Gasteiger partial charge in [0.2, 0.25) is 0 Å². The zero-order chi connectivity index (χ0) is 14.5. The first kappa shape index (κ1) is 13.9. The van der Waals surface area contributed by atoms with Gasteiger partial charge in [0.15, 0.2) is 0 Å². The summed E-state index contributed by atoms with van der Waals surface area (Å²) in [6.07, 6.45) is 0.190. The average Bonchev–Trinajstić information content (AvgIpc) is 2.47. The lowest BCUT2D eigenvalue weighted by atomic mass is 10.1. The molecular weight excluding hydrogens is 258 g/mol. The Morgan fingerprint density at radius 2 is 1.85 bits per heavy atom. The van der Waals surface area contributed by atoms with Crippen LogP contribution < -0.4 is 5.73 Å². The van der Waals surface area contributed by atoms with E-state index in [1.807, 2.05) is 6.07 Å². The molecule has 0 radical (unpaired) electrons. The SMILES string of the molecule is N#Cc1ccc(C(=O)N2CCC(OC(N)=O)CC2)cc1. The van der Waals surface area contributed by atoms with Crippen molar-refractivity contribution in [2.75, 3.05) is 13.1 Å². The van der Waals surface area contributed by atoms with E-state index in [0.717, 1.165) is 0 Å². The maximum absolute atomic E-state index is 12.2. The smallest absolute Gasteiger partial charge is 0.404 e. The highest BCUT2D eigenvalue weighted by molar-refractivity contribution is 5.94. The highest BCUT2D eigenvalue weighted by atomic mass is 16.6. The van der Waals surface area contributed by atoms with Crippen molar-refractivity contribution in [3.8, 4) is 6.07 Å². The standard InChI is InChI=1S/C14H15N3O3/c15-9-10-1-3-11(4-2-10)13(18)17-7-5-12(6-8-17)20-14(16)19/h1-4,12H,5-8H2,(H2,16,19). The van der Waals surface area contributed by atoms with Gasteiger partial charge in [-0.1, -0.05) is 0 Å². The van der Waals surface area contributed by atoms with Crippen LogP contribution in [0.3, 0.4) is 0 Å². The first-order chi connectivity index (χ1) is 9.60. The Labute approximate surface area is 116 Å². The molecule has 1 aromatic carbocycles. The Balaban J connectivity index is 1.94. The van der Waals surface area contributed by atoms with Crippen molar-refractivity contribution >= 4 is 12.0 Å². The minimum absolute atomic E-state index is 0.0768. The van der Waals surface area contributed by atoms with Crippen LogP contribution in [0.15, 0.2) is 24.3 Å². The predicted octanol–water partition coefficient (Wildman–Crippen LogP) is 1.26. The van der Waals surface area contributed by atoms with Crippen LogP contribution in [0.4, 0.5) is 4.79 Å².